The number of nitrogens with zero attached hydrogens (tertiary/aromatic N) is 4. The first-order chi connectivity index (χ1) is 14.8. The van der Waals surface area contributed by atoms with Crippen LogP contribution in [0.5, 0.6) is 0 Å². The number of hydrogen-bond donors (Lipinski definition) is 4. The zero-order chi connectivity index (χ0) is 21.8. The molecule has 1 aliphatic carbocycles. The Morgan fingerprint density at radius 1 is 1.19 bits per heavy atom. The van der Waals surface area contributed by atoms with E-state index >= 15 is 0 Å². The first kappa shape index (κ1) is 19.8. The molecule has 31 heavy (non-hydrogen) atoms. The highest BCUT2D eigenvalue weighted by Crippen LogP contribution is 2.43. The summed E-state index contributed by atoms with van der Waals surface area (Å²) in [5.74, 6) is 0.0607. The van der Waals surface area contributed by atoms with Gasteiger partial charge in [0.2, 0.25) is 11.9 Å². The maximum absolute atomic E-state index is 13.0. The van der Waals surface area contributed by atoms with Gasteiger partial charge in [0.05, 0.1) is 17.6 Å². The lowest BCUT2D eigenvalue weighted by atomic mass is 9.79. The minimum Gasteiger partial charge on any atom is -0.368 e. The van der Waals surface area contributed by atoms with E-state index in [-0.39, 0.29) is 16.9 Å². The van der Waals surface area contributed by atoms with E-state index < -0.39 is 21.8 Å². The van der Waals surface area contributed by atoms with E-state index in [0.29, 0.717) is 35.3 Å². The third-order valence-electron chi connectivity index (χ3n) is 5.93. The Morgan fingerprint density at radius 2 is 1.97 bits per heavy atom. The lowest BCUT2D eigenvalue weighted by Crippen LogP contribution is -2.55. The number of aromatic nitrogens is 4. The topological polar surface area (TPSA) is 165 Å². The van der Waals surface area contributed by atoms with E-state index in [1.54, 1.807) is 12.3 Å². The van der Waals surface area contributed by atoms with E-state index in [1.807, 2.05) is 4.57 Å². The third kappa shape index (κ3) is 3.23. The van der Waals surface area contributed by atoms with Crippen molar-refractivity contribution in [3.63, 3.8) is 0 Å². The quantitative estimate of drug-likeness (QED) is 0.465. The number of primary sulfonamides is 1. The van der Waals surface area contributed by atoms with Crippen LogP contribution in [0.4, 0.5) is 11.6 Å². The second-order valence-corrected chi connectivity index (χ2v) is 9.41. The smallest absolute Gasteiger partial charge is 0.255 e. The van der Waals surface area contributed by atoms with Gasteiger partial charge in [-0.2, -0.15) is 4.98 Å². The zero-order valence-electron chi connectivity index (χ0n) is 16.4. The molecule has 2 aliphatic rings. The Labute approximate surface area is 177 Å². The van der Waals surface area contributed by atoms with Crippen molar-refractivity contribution in [2.24, 2.45) is 5.14 Å². The fourth-order valence-electron chi connectivity index (χ4n) is 4.49. The average molecular weight is 443 g/mol. The second-order valence-electron chi connectivity index (χ2n) is 7.90. The monoisotopic (exact) mass is 443 g/mol. The van der Waals surface area contributed by atoms with Gasteiger partial charge in [-0.3, -0.25) is 4.79 Å². The van der Waals surface area contributed by atoms with Crippen molar-refractivity contribution in [2.75, 3.05) is 5.32 Å². The van der Waals surface area contributed by atoms with E-state index in [0.717, 1.165) is 19.3 Å². The van der Waals surface area contributed by atoms with Crippen LogP contribution in [0.15, 0.2) is 35.6 Å². The highest BCUT2D eigenvalue weighted by Gasteiger charge is 2.48. The summed E-state index contributed by atoms with van der Waals surface area (Å²) in [6.07, 6.45) is 6.08. The van der Waals surface area contributed by atoms with Crippen LogP contribution in [0.2, 0.25) is 0 Å². The normalized spacial score (nSPS) is 20.5. The van der Waals surface area contributed by atoms with Gasteiger partial charge in [-0.1, -0.05) is 19.3 Å². The number of amides is 1. The van der Waals surface area contributed by atoms with Gasteiger partial charge in [0.1, 0.15) is 11.2 Å². The maximum atomic E-state index is 13.0. The largest absolute Gasteiger partial charge is 0.368 e. The molecule has 5 rings (SSSR count). The van der Waals surface area contributed by atoms with Gasteiger partial charge in [-0.15, -0.1) is 0 Å². The van der Waals surface area contributed by atoms with Crippen molar-refractivity contribution in [2.45, 2.75) is 48.9 Å². The zero-order valence-corrected chi connectivity index (χ0v) is 17.3. The summed E-state index contributed by atoms with van der Waals surface area (Å²) in [5.41, 5.74) is 0.834. The summed E-state index contributed by atoms with van der Waals surface area (Å²) < 4.78 is 24.6. The molecule has 1 saturated carbocycles. The molecule has 4 heterocycles. The Bertz CT molecular complexity index is 1280. The number of anilines is 2. The van der Waals surface area contributed by atoms with E-state index in [9.17, 15) is 18.3 Å². The Hall–Kier alpha value is -3.09. The van der Waals surface area contributed by atoms with Gasteiger partial charge in [-0.25, -0.2) is 23.5 Å². The van der Waals surface area contributed by atoms with Crippen LogP contribution in [-0.2, 0) is 20.4 Å². The van der Waals surface area contributed by atoms with Gasteiger partial charge in [0, 0.05) is 11.6 Å². The standard InChI is InChI=1S/C19H21N7O4S/c20-31(29,30)14-5-4-12(10-21-14)23-18-22-9-11-8-13-16(27)25-17(28)19(6-2-1-3-7-19)26(13)15(11)24-18/h4-5,8-10,16,27H,1-3,6-7H2,(H,25,28)(H2,20,29,30)(H,22,23,24). The number of aliphatic hydroxyl groups is 1. The van der Waals surface area contributed by atoms with Crippen LogP contribution in [0.3, 0.4) is 0 Å². The molecule has 0 radical (unpaired) electrons. The minimum absolute atomic E-state index is 0.194. The fraction of sp³-hybridized carbons (Fsp3) is 0.368. The van der Waals surface area contributed by atoms with E-state index in [4.69, 9.17) is 5.14 Å². The van der Waals surface area contributed by atoms with Crippen molar-refractivity contribution in [1.82, 2.24) is 24.8 Å². The fourth-order valence-corrected chi connectivity index (χ4v) is 4.95. The molecule has 0 bridgehead atoms. The molecule has 0 saturated heterocycles. The van der Waals surface area contributed by atoms with Crippen LogP contribution < -0.4 is 15.8 Å². The summed E-state index contributed by atoms with van der Waals surface area (Å²) in [6.45, 7) is 0. The maximum Gasteiger partial charge on any atom is 0.255 e. The number of pyridine rings is 1. The molecular weight excluding hydrogens is 422 g/mol. The lowest BCUT2D eigenvalue weighted by Gasteiger charge is -2.43. The third-order valence-corrected chi connectivity index (χ3v) is 6.76. The molecule has 1 fully saturated rings. The summed E-state index contributed by atoms with van der Waals surface area (Å²) >= 11 is 0. The van der Waals surface area contributed by atoms with Crippen LogP contribution in [0.1, 0.15) is 44.0 Å². The van der Waals surface area contributed by atoms with Crippen molar-refractivity contribution < 1.29 is 18.3 Å². The van der Waals surface area contributed by atoms with E-state index in [2.05, 4.69) is 25.6 Å². The summed E-state index contributed by atoms with van der Waals surface area (Å²) in [4.78, 5) is 25.7. The summed E-state index contributed by atoms with van der Waals surface area (Å²) in [5, 5.41) is 21.7. The highest BCUT2D eigenvalue weighted by molar-refractivity contribution is 7.89. The van der Waals surface area contributed by atoms with Crippen LogP contribution >= 0.6 is 0 Å². The minimum atomic E-state index is -3.89. The first-order valence-electron chi connectivity index (χ1n) is 9.92. The summed E-state index contributed by atoms with van der Waals surface area (Å²) in [7, 11) is -3.89. The van der Waals surface area contributed by atoms with Crippen molar-refractivity contribution in [3.8, 4) is 0 Å². The molecule has 3 aromatic rings. The van der Waals surface area contributed by atoms with Crippen LogP contribution in [0, 0.1) is 0 Å². The van der Waals surface area contributed by atoms with E-state index in [1.165, 1.54) is 18.3 Å². The molecule has 1 spiro atoms. The highest BCUT2D eigenvalue weighted by atomic mass is 32.2. The Kier molecular flexibility index (Phi) is 4.46. The Balaban J connectivity index is 1.57. The number of hydrogen-bond acceptors (Lipinski definition) is 8. The number of rotatable bonds is 3. The lowest BCUT2D eigenvalue weighted by molar-refractivity contribution is -0.138. The van der Waals surface area contributed by atoms with Gasteiger partial charge >= 0.3 is 0 Å². The molecule has 1 unspecified atom stereocenters. The van der Waals surface area contributed by atoms with Crippen LogP contribution in [-0.4, -0.2) is 39.0 Å². The molecule has 1 amide bonds. The van der Waals surface area contributed by atoms with Crippen LogP contribution in [0.25, 0.3) is 11.0 Å². The number of nitrogens with two attached hydrogens (primary N) is 1. The first-order valence-corrected chi connectivity index (χ1v) is 11.5. The molecule has 1 atom stereocenters. The molecule has 1 aliphatic heterocycles. The predicted molar refractivity (Wildman–Crippen MR) is 111 cm³/mol. The molecule has 5 N–H and O–H groups in total. The van der Waals surface area contributed by atoms with Gasteiger partial charge < -0.3 is 20.3 Å². The number of aliphatic hydroxyl groups excluding tert-OH is 1. The summed E-state index contributed by atoms with van der Waals surface area (Å²) in [6, 6.07) is 4.59. The molecule has 3 aromatic heterocycles. The van der Waals surface area contributed by atoms with Crippen molar-refractivity contribution in [3.05, 3.63) is 36.3 Å². The molecular formula is C19H21N7O4S. The van der Waals surface area contributed by atoms with Gasteiger partial charge in [-0.05, 0) is 31.0 Å². The molecule has 0 aromatic carbocycles. The predicted octanol–water partition coefficient (Wildman–Crippen LogP) is 0.997. The SMILES string of the molecule is NS(=O)(=O)c1ccc(Nc2ncc3cc4n(c3n2)C2(CCCCC2)C(=O)NC4O)cn1. The van der Waals surface area contributed by atoms with Crippen molar-refractivity contribution >= 4 is 38.6 Å². The van der Waals surface area contributed by atoms with Gasteiger partial charge in [0.25, 0.3) is 10.0 Å². The molecule has 162 valence electrons. The number of carbonyl (C=O) groups is 1. The van der Waals surface area contributed by atoms with Gasteiger partial charge in [0.15, 0.2) is 11.3 Å². The number of carbonyl (C=O) groups excluding carboxylic acids is 1. The molecule has 11 nitrogen and oxygen atoms in total. The Morgan fingerprint density at radius 3 is 2.65 bits per heavy atom. The number of fused-ring (bicyclic) bond motifs is 4. The number of sulfonamides is 1. The average Bonchev–Trinajstić information content (AvgIpc) is 3.13. The number of nitrogens with one attached hydrogen (secondary N) is 2. The van der Waals surface area contributed by atoms with Crippen molar-refractivity contribution in [1.29, 1.82) is 0 Å². The second kappa shape index (κ2) is 6.97. The molecule has 12 heteroatoms.